The van der Waals surface area contributed by atoms with Gasteiger partial charge in [-0.1, -0.05) is 15.9 Å². The summed E-state index contributed by atoms with van der Waals surface area (Å²) in [6, 6.07) is 0.344. The predicted octanol–water partition coefficient (Wildman–Crippen LogP) is 0.555. The van der Waals surface area contributed by atoms with E-state index in [1.807, 2.05) is 0 Å². The maximum absolute atomic E-state index is 11.3. The van der Waals surface area contributed by atoms with Gasteiger partial charge in [0.2, 0.25) is 11.8 Å². The van der Waals surface area contributed by atoms with E-state index >= 15 is 0 Å². The molecule has 2 amide bonds. The lowest BCUT2D eigenvalue weighted by Gasteiger charge is -2.15. The van der Waals surface area contributed by atoms with Crippen LogP contribution in [0.15, 0.2) is 0 Å². The predicted molar refractivity (Wildman–Crippen MR) is 57.2 cm³/mol. The fraction of sp³-hybridized carbons (Fsp3) is 0.778. The molecule has 0 atom stereocenters. The van der Waals surface area contributed by atoms with Crippen LogP contribution < -0.4 is 10.6 Å². The molecule has 0 saturated heterocycles. The number of carbonyl (C=O) groups is 2. The molecular weight excluding hydrogens is 248 g/mol. The van der Waals surface area contributed by atoms with Crippen molar-refractivity contribution in [1.82, 2.24) is 10.6 Å². The number of hydrogen-bond donors (Lipinski definition) is 2. The third-order valence-electron chi connectivity index (χ3n) is 1.89. The molecule has 0 heterocycles. The molecule has 0 aromatic rings. The summed E-state index contributed by atoms with van der Waals surface area (Å²) in [6.07, 6.45) is 2.12. The van der Waals surface area contributed by atoms with Gasteiger partial charge in [-0.05, 0) is 26.7 Å². The number of nitrogens with one attached hydrogen (secondary N) is 2. The molecule has 0 aliphatic heterocycles. The van der Waals surface area contributed by atoms with Gasteiger partial charge in [-0.15, -0.1) is 0 Å². The van der Waals surface area contributed by atoms with E-state index < -0.39 is 4.32 Å². The van der Waals surface area contributed by atoms with Crippen molar-refractivity contribution in [1.29, 1.82) is 0 Å². The Labute approximate surface area is 91.9 Å². The van der Waals surface area contributed by atoms with Gasteiger partial charge in [0.1, 0.15) is 0 Å². The molecule has 0 radical (unpaired) electrons. The van der Waals surface area contributed by atoms with Gasteiger partial charge in [-0.2, -0.15) is 0 Å². The molecule has 1 fully saturated rings. The van der Waals surface area contributed by atoms with Crippen molar-refractivity contribution in [2.45, 2.75) is 37.1 Å². The lowest BCUT2D eigenvalue weighted by molar-refractivity contribution is -0.126. The van der Waals surface area contributed by atoms with Crippen LogP contribution in [0.3, 0.4) is 0 Å². The summed E-state index contributed by atoms with van der Waals surface area (Å²) >= 11 is 3.21. The largest absolute Gasteiger partial charge is 0.352 e. The van der Waals surface area contributed by atoms with Crippen LogP contribution in [-0.4, -0.2) is 28.7 Å². The molecule has 2 N–H and O–H groups in total. The van der Waals surface area contributed by atoms with E-state index in [0.29, 0.717) is 6.04 Å². The standard InChI is InChI=1S/C9H15BrN2O2/c1-9(2,10)8(14)11-5-7(13)12-6-3-4-6/h6H,3-5H2,1-2H3,(H,11,14)(H,12,13). The molecule has 1 aliphatic rings. The van der Waals surface area contributed by atoms with Gasteiger partial charge >= 0.3 is 0 Å². The maximum Gasteiger partial charge on any atom is 0.239 e. The van der Waals surface area contributed by atoms with E-state index in [2.05, 4.69) is 26.6 Å². The average molecular weight is 263 g/mol. The van der Waals surface area contributed by atoms with Gasteiger partial charge in [0, 0.05) is 6.04 Å². The van der Waals surface area contributed by atoms with E-state index in [4.69, 9.17) is 0 Å². The Kier molecular flexibility index (Phi) is 3.53. The zero-order valence-electron chi connectivity index (χ0n) is 8.39. The third kappa shape index (κ3) is 4.09. The van der Waals surface area contributed by atoms with E-state index in [-0.39, 0.29) is 18.4 Å². The second-order valence-corrected chi connectivity index (χ2v) is 5.98. The van der Waals surface area contributed by atoms with Crippen molar-refractivity contribution in [2.75, 3.05) is 6.54 Å². The van der Waals surface area contributed by atoms with Crippen molar-refractivity contribution in [2.24, 2.45) is 0 Å². The Morgan fingerprint density at radius 3 is 2.43 bits per heavy atom. The van der Waals surface area contributed by atoms with Crippen molar-refractivity contribution in [3.8, 4) is 0 Å². The summed E-state index contributed by atoms with van der Waals surface area (Å²) < 4.78 is -0.618. The van der Waals surface area contributed by atoms with E-state index in [1.165, 1.54) is 0 Å². The number of rotatable bonds is 4. The van der Waals surface area contributed by atoms with Crippen LogP contribution in [-0.2, 0) is 9.59 Å². The van der Waals surface area contributed by atoms with E-state index in [1.54, 1.807) is 13.8 Å². The Morgan fingerprint density at radius 2 is 2.00 bits per heavy atom. The second-order valence-electron chi connectivity index (χ2n) is 4.00. The van der Waals surface area contributed by atoms with Crippen LogP contribution in [0.4, 0.5) is 0 Å². The molecule has 0 spiro atoms. The number of alkyl halides is 1. The van der Waals surface area contributed by atoms with Crippen LogP contribution in [0.2, 0.25) is 0 Å². The molecule has 5 heteroatoms. The van der Waals surface area contributed by atoms with E-state index in [9.17, 15) is 9.59 Å². The molecule has 1 saturated carbocycles. The van der Waals surface area contributed by atoms with Gasteiger partial charge in [0.05, 0.1) is 10.9 Å². The zero-order chi connectivity index (χ0) is 10.8. The summed E-state index contributed by atoms with van der Waals surface area (Å²) in [4.78, 5) is 22.5. The Bertz CT molecular complexity index is 244. The molecule has 0 aromatic carbocycles. The highest BCUT2D eigenvalue weighted by molar-refractivity contribution is 9.10. The molecular formula is C9H15BrN2O2. The summed E-state index contributed by atoms with van der Waals surface area (Å²) in [6.45, 7) is 3.53. The molecule has 1 aliphatic carbocycles. The van der Waals surface area contributed by atoms with Gasteiger partial charge in [0.25, 0.3) is 0 Å². The molecule has 4 nitrogen and oxygen atoms in total. The first kappa shape index (κ1) is 11.5. The molecule has 0 bridgehead atoms. The first-order valence-corrected chi connectivity index (χ1v) is 5.45. The quantitative estimate of drug-likeness (QED) is 0.728. The summed E-state index contributed by atoms with van der Waals surface area (Å²) in [5, 5.41) is 5.35. The lowest BCUT2D eigenvalue weighted by atomic mass is 10.2. The molecule has 80 valence electrons. The molecule has 1 rings (SSSR count). The normalized spacial score (nSPS) is 16.2. The van der Waals surface area contributed by atoms with Crippen LogP contribution in [0, 0.1) is 0 Å². The first-order valence-electron chi connectivity index (χ1n) is 4.66. The van der Waals surface area contributed by atoms with Crippen molar-refractivity contribution in [3.05, 3.63) is 0 Å². The van der Waals surface area contributed by atoms with Crippen LogP contribution in [0.25, 0.3) is 0 Å². The molecule has 0 aromatic heterocycles. The Balaban J connectivity index is 2.18. The van der Waals surface area contributed by atoms with Gasteiger partial charge in [0.15, 0.2) is 0 Å². The minimum absolute atomic E-state index is 0.0599. The van der Waals surface area contributed by atoms with Gasteiger partial charge in [-0.3, -0.25) is 9.59 Å². The maximum atomic E-state index is 11.3. The number of hydrogen-bond acceptors (Lipinski definition) is 2. The number of halogens is 1. The Hall–Kier alpha value is -0.580. The van der Waals surface area contributed by atoms with Gasteiger partial charge < -0.3 is 10.6 Å². The van der Waals surface area contributed by atoms with Crippen LogP contribution in [0.1, 0.15) is 26.7 Å². The van der Waals surface area contributed by atoms with Crippen LogP contribution in [0.5, 0.6) is 0 Å². The average Bonchev–Trinajstić information content (AvgIpc) is 2.82. The molecule has 14 heavy (non-hydrogen) atoms. The highest BCUT2D eigenvalue weighted by atomic mass is 79.9. The number of carbonyl (C=O) groups excluding carboxylic acids is 2. The van der Waals surface area contributed by atoms with Crippen molar-refractivity contribution < 1.29 is 9.59 Å². The second kappa shape index (κ2) is 4.29. The highest BCUT2D eigenvalue weighted by Gasteiger charge is 2.26. The van der Waals surface area contributed by atoms with E-state index in [0.717, 1.165) is 12.8 Å². The monoisotopic (exact) mass is 262 g/mol. The first-order chi connectivity index (χ1) is 6.39. The smallest absolute Gasteiger partial charge is 0.239 e. The number of amides is 2. The minimum atomic E-state index is -0.618. The van der Waals surface area contributed by atoms with Crippen LogP contribution >= 0.6 is 15.9 Å². The van der Waals surface area contributed by atoms with Crippen molar-refractivity contribution in [3.63, 3.8) is 0 Å². The van der Waals surface area contributed by atoms with Gasteiger partial charge in [-0.25, -0.2) is 0 Å². The highest BCUT2D eigenvalue weighted by Crippen LogP contribution is 2.18. The fourth-order valence-corrected chi connectivity index (χ4v) is 1.02. The summed E-state index contributed by atoms with van der Waals surface area (Å²) in [5.41, 5.74) is 0. The SMILES string of the molecule is CC(C)(Br)C(=O)NCC(=O)NC1CC1. The minimum Gasteiger partial charge on any atom is -0.352 e. The lowest BCUT2D eigenvalue weighted by Crippen LogP contribution is -2.43. The Morgan fingerprint density at radius 1 is 1.43 bits per heavy atom. The third-order valence-corrected chi connectivity index (χ3v) is 2.25. The molecule has 0 unspecified atom stereocenters. The summed E-state index contributed by atoms with van der Waals surface area (Å²) in [5.74, 6) is -0.291. The fourth-order valence-electron chi connectivity index (χ4n) is 0.877. The summed E-state index contributed by atoms with van der Waals surface area (Å²) in [7, 11) is 0. The topological polar surface area (TPSA) is 58.2 Å². The van der Waals surface area contributed by atoms with Crippen molar-refractivity contribution >= 4 is 27.7 Å². The zero-order valence-corrected chi connectivity index (χ0v) is 9.98.